The molecule has 120 valence electrons. The van der Waals surface area contributed by atoms with Crippen molar-refractivity contribution < 1.29 is 4.90 Å². The second-order valence-electron chi connectivity index (χ2n) is 6.38. The molecule has 1 aliphatic heterocycles. The van der Waals surface area contributed by atoms with Gasteiger partial charge in [-0.25, -0.2) is 4.98 Å². The van der Waals surface area contributed by atoms with Crippen LogP contribution in [0.2, 0.25) is 0 Å². The number of para-hydroxylation sites is 1. The maximum absolute atomic E-state index is 5.46. The Bertz CT molecular complexity index is 843. The second-order valence-corrected chi connectivity index (χ2v) is 7.81. The number of fused-ring (bicyclic) bond motifs is 1. The number of nitrogens with zero attached hydrogens (tertiary/aromatic N) is 3. The van der Waals surface area contributed by atoms with Crippen LogP contribution >= 0.6 is 23.6 Å². The van der Waals surface area contributed by atoms with E-state index in [1.165, 1.54) is 29.1 Å². The molecule has 1 aromatic carbocycles. The lowest BCUT2D eigenvalue weighted by atomic mass is 9.99. The fourth-order valence-corrected chi connectivity index (χ4v) is 4.73. The molecule has 2 atom stereocenters. The van der Waals surface area contributed by atoms with Crippen molar-refractivity contribution in [3.63, 3.8) is 0 Å². The summed E-state index contributed by atoms with van der Waals surface area (Å²) in [4.78, 5) is 6.47. The van der Waals surface area contributed by atoms with Crippen LogP contribution in [0.4, 0.5) is 0 Å². The van der Waals surface area contributed by atoms with Gasteiger partial charge in [-0.1, -0.05) is 12.1 Å². The predicted octanol–water partition coefficient (Wildman–Crippen LogP) is 2.59. The van der Waals surface area contributed by atoms with Crippen LogP contribution in [0, 0.1) is 4.77 Å². The lowest BCUT2D eigenvalue weighted by Gasteiger charge is -2.28. The van der Waals surface area contributed by atoms with Crippen LogP contribution in [-0.4, -0.2) is 27.2 Å². The van der Waals surface area contributed by atoms with Crippen molar-refractivity contribution >= 4 is 33.8 Å². The molecule has 2 aromatic heterocycles. The molecule has 1 unspecified atom stereocenters. The molecule has 0 spiro atoms. The summed E-state index contributed by atoms with van der Waals surface area (Å²) in [6, 6.07) is 8.46. The highest BCUT2D eigenvalue weighted by Crippen LogP contribution is 2.30. The van der Waals surface area contributed by atoms with Crippen molar-refractivity contribution in [1.82, 2.24) is 14.1 Å². The first-order valence-electron chi connectivity index (χ1n) is 8.11. The molecule has 3 heterocycles. The summed E-state index contributed by atoms with van der Waals surface area (Å²) in [5, 5.41) is 1.31. The topological polar surface area (TPSA) is 27.2 Å². The van der Waals surface area contributed by atoms with E-state index < -0.39 is 0 Å². The van der Waals surface area contributed by atoms with Crippen LogP contribution < -0.4 is 4.90 Å². The summed E-state index contributed by atoms with van der Waals surface area (Å²) in [6.45, 7) is 3.33. The van der Waals surface area contributed by atoms with Crippen molar-refractivity contribution in [1.29, 1.82) is 0 Å². The number of hydrogen-bond acceptors (Lipinski definition) is 3. The quantitative estimate of drug-likeness (QED) is 0.739. The number of benzene rings is 1. The van der Waals surface area contributed by atoms with Gasteiger partial charge in [-0.2, -0.15) is 0 Å². The molecule has 1 saturated heterocycles. The number of piperidine rings is 1. The number of aromatic nitrogens is 3. The number of quaternary nitrogens is 1. The van der Waals surface area contributed by atoms with Gasteiger partial charge in [0.15, 0.2) is 11.4 Å². The zero-order valence-corrected chi connectivity index (χ0v) is 14.9. The summed E-state index contributed by atoms with van der Waals surface area (Å²) in [5.74, 6) is 0.578. The van der Waals surface area contributed by atoms with Crippen molar-refractivity contribution in [3.05, 3.63) is 46.4 Å². The van der Waals surface area contributed by atoms with Crippen molar-refractivity contribution in [2.24, 2.45) is 7.05 Å². The highest BCUT2D eigenvalue weighted by molar-refractivity contribution is 7.71. The average molecular weight is 346 g/mol. The van der Waals surface area contributed by atoms with Gasteiger partial charge in [-0.15, -0.1) is 11.3 Å². The fourth-order valence-electron chi connectivity index (χ4n) is 3.44. The molecule has 23 heavy (non-hydrogen) atoms. The first kappa shape index (κ1) is 15.1. The largest absolute Gasteiger partial charge is 0.327 e. The van der Waals surface area contributed by atoms with Crippen LogP contribution in [0.5, 0.6) is 0 Å². The maximum Gasteiger partial charge on any atom is 0.183 e. The van der Waals surface area contributed by atoms with E-state index in [1.807, 2.05) is 29.1 Å². The summed E-state index contributed by atoms with van der Waals surface area (Å²) in [6.07, 6.45) is 6.65. The number of likely N-dealkylation sites (tertiary alicyclic amines) is 1. The Morgan fingerprint density at radius 3 is 3.00 bits per heavy atom. The van der Waals surface area contributed by atoms with Crippen molar-refractivity contribution in [3.8, 4) is 0 Å². The number of hydrogen-bond donors (Lipinski definition) is 1. The van der Waals surface area contributed by atoms with E-state index >= 15 is 0 Å². The minimum atomic E-state index is 0.578. The van der Waals surface area contributed by atoms with Crippen LogP contribution in [0.15, 0.2) is 36.7 Å². The third-order valence-electron chi connectivity index (χ3n) is 4.69. The van der Waals surface area contributed by atoms with E-state index in [0.29, 0.717) is 5.92 Å². The standard InChI is InChI=1S/C17H20N4S2/c1-19-9-10-21(17(19)22)12-20-8-4-5-13(11-20)16-18-14-6-2-3-7-15(14)23-16/h2-3,6-7,9-10,13H,4-5,8,11-12H2,1H3/p+1/t13-/m0/s1. The molecule has 4 nitrogen and oxygen atoms in total. The molecule has 1 aliphatic rings. The Balaban J connectivity index is 1.52. The Hall–Kier alpha value is -1.50. The van der Waals surface area contributed by atoms with Crippen LogP contribution in [0.25, 0.3) is 10.2 Å². The second kappa shape index (κ2) is 6.19. The van der Waals surface area contributed by atoms with Gasteiger partial charge in [-0.05, 0) is 37.2 Å². The van der Waals surface area contributed by atoms with Crippen LogP contribution in [0.3, 0.4) is 0 Å². The lowest BCUT2D eigenvalue weighted by Crippen LogP contribution is -3.12. The van der Waals surface area contributed by atoms with E-state index in [4.69, 9.17) is 17.2 Å². The monoisotopic (exact) mass is 345 g/mol. The summed E-state index contributed by atoms with van der Waals surface area (Å²) in [7, 11) is 2.01. The third-order valence-corrected chi connectivity index (χ3v) is 6.41. The van der Waals surface area contributed by atoms with Gasteiger partial charge in [0.25, 0.3) is 0 Å². The van der Waals surface area contributed by atoms with Gasteiger partial charge in [0.05, 0.1) is 29.2 Å². The first-order chi connectivity index (χ1) is 11.2. The van der Waals surface area contributed by atoms with E-state index in [-0.39, 0.29) is 0 Å². The van der Waals surface area contributed by atoms with Crippen LogP contribution in [-0.2, 0) is 13.7 Å². The fraction of sp³-hybridized carbons (Fsp3) is 0.412. The van der Waals surface area contributed by atoms with Gasteiger partial charge in [0.2, 0.25) is 0 Å². The predicted molar refractivity (Wildman–Crippen MR) is 96.5 cm³/mol. The van der Waals surface area contributed by atoms with Gasteiger partial charge in [0.1, 0.15) is 5.01 Å². The van der Waals surface area contributed by atoms with Crippen molar-refractivity contribution in [2.45, 2.75) is 25.4 Å². The van der Waals surface area contributed by atoms with E-state index in [2.05, 4.69) is 35.0 Å². The lowest BCUT2D eigenvalue weighted by molar-refractivity contribution is -0.928. The van der Waals surface area contributed by atoms with Gasteiger partial charge in [-0.3, -0.25) is 4.57 Å². The summed E-state index contributed by atoms with van der Waals surface area (Å²) < 4.78 is 6.40. The number of imidazole rings is 1. The maximum atomic E-state index is 5.46. The molecule has 0 bridgehead atoms. The zero-order valence-electron chi connectivity index (χ0n) is 13.2. The Kier molecular flexibility index (Phi) is 4.05. The molecular formula is C17H21N4S2+. The Morgan fingerprint density at radius 1 is 1.35 bits per heavy atom. The molecule has 1 N–H and O–H groups in total. The van der Waals surface area contributed by atoms with Gasteiger partial charge >= 0.3 is 0 Å². The van der Waals surface area contributed by atoms with E-state index in [9.17, 15) is 0 Å². The number of rotatable bonds is 3. The molecule has 4 rings (SSSR count). The zero-order chi connectivity index (χ0) is 15.8. The molecule has 1 fully saturated rings. The normalized spacial score (nSPS) is 21.8. The Labute approximate surface area is 145 Å². The van der Waals surface area contributed by atoms with Gasteiger partial charge < -0.3 is 9.47 Å². The van der Waals surface area contributed by atoms with Gasteiger partial charge in [0, 0.05) is 19.4 Å². The minimum Gasteiger partial charge on any atom is -0.327 e. The molecule has 0 amide bonds. The third kappa shape index (κ3) is 2.98. The minimum absolute atomic E-state index is 0.578. The van der Waals surface area contributed by atoms with Crippen LogP contribution in [0.1, 0.15) is 23.8 Å². The van der Waals surface area contributed by atoms with E-state index in [0.717, 1.165) is 23.5 Å². The highest BCUT2D eigenvalue weighted by atomic mass is 32.1. The molecule has 0 radical (unpaired) electrons. The molecule has 6 heteroatoms. The number of nitrogens with one attached hydrogen (secondary N) is 1. The highest BCUT2D eigenvalue weighted by Gasteiger charge is 2.27. The summed E-state index contributed by atoms with van der Waals surface area (Å²) >= 11 is 7.33. The molecule has 0 aliphatic carbocycles. The van der Waals surface area contributed by atoms with Crippen molar-refractivity contribution in [2.75, 3.05) is 13.1 Å². The Morgan fingerprint density at radius 2 is 2.22 bits per heavy atom. The molecule has 3 aromatic rings. The SMILES string of the molecule is Cn1ccn(C[NH+]2CCC[C@H](c3nc4ccccc4s3)C2)c1=S. The average Bonchev–Trinajstić information content (AvgIpc) is 3.14. The first-order valence-corrected chi connectivity index (χ1v) is 9.34. The smallest absolute Gasteiger partial charge is 0.183 e. The molecule has 0 saturated carbocycles. The summed E-state index contributed by atoms with van der Waals surface area (Å²) in [5.41, 5.74) is 1.14. The van der Waals surface area contributed by atoms with E-state index in [1.54, 1.807) is 4.90 Å². The number of thiazole rings is 1. The number of aryl methyl sites for hydroxylation is 1. The molecular weight excluding hydrogens is 324 g/mol.